The van der Waals surface area contributed by atoms with Crippen LogP contribution in [0.1, 0.15) is 24.2 Å². The van der Waals surface area contributed by atoms with Gasteiger partial charge in [-0.1, -0.05) is 37.3 Å². The minimum atomic E-state index is -0.266. The van der Waals surface area contributed by atoms with Gasteiger partial charge in [-0.3, -0.25) is 9.48 Å². The van der Waals surface area contributed by atoms with Crippen LogP contribution in [0.5, 0.6) is 0 Å². The third-order valence-electron chi connectivity index (χ3n) is 3.36. The van der Waals surface area contributed by atoms with Crippen LogP contribution in [0.4, 0.5) is 0 Å². The van der Waals surface area contributed by atoms with Crippen LogP contribution in [0.3, 0.4) is 0 Å². The molecule has 0 radical (unpaired) electrons. The molecule has 2 unspecified atom stereocenters. The van der Waals surface area contributed by atoms with Gasteiger partial charge >= 0.3 is 0 Å². The molecular formula is C15H19N3O. The predicted octanol–water partition coefficient (Wildman–Crippen LogP) is 1.87. The first-order valence-electron chi connectivity index (χ1n) is 6.39. The largest absolute Gasteiger partial charge is 0.323 e. The molecule has 1 aromatic carbocycles. The Morgan fingerprint density at radius 3 is 2.58 bits per heavy atom. The van der Waals surface area contributed by atoms with E-state index in [1.807, 2.05) is 56.6 Å². The fraction of sp³-hybridized carbons (Fsp3) is 0.333. The number of rotatable bonds is 5. The third kappa shape index (κ3) is 3.29. The zero-order valence-electron chi connectivity index (χ0n) is 11.3. The first-order chi connectivity index (χ1) is 9.08. The minimum Gasteiger partial charge on any atom is -0.323 e. The summed E-state index contributed by atoms with van der Waals surface area (Å²) in [5.74, 6) is -0.0977. The lowest BCUT2D eigenvalue weighted by atomic mass is 9.90. The molecule has 2 aromatic rings. The highest BCUT2D eigenvalue weighted by atomic mass is 16.1. The second kappa shape index (κ2) is 5.80. The number of ketones is 1. The summed E-state index contributed by atoms with van der Waals surface area (Å²) in [6.45, 7) is 1.88. The molecule has 2 rings (SSSR count). The summed E-state index contributed by atoms with van der Waals surface area (Å²) in [7, 11) is 1.84. The number of benzene rings is 1. The lowest BCUT2D eigenvalue weighted by Gasteiger charge is -2.18. The quantitative estimate of drug-likeness (QED) is 0.889. The summed E-state index contributed by atoms with van der Waals surface area (Å²) in [4.78, 5) is 12.2. The number of nitrogens with zero attached hydrogens (tertiary/aromatic N) is 2. The maximum absolute atomic E-state index is 12.2. The van der Waals surface area contributed by atoms with Gasteiger partial charge in [0, 0.05) is 25.2 Å². The standard InChI is InChI=1S/C15H19N3O/c1-11(15(16)12-6-4-3-5-7-12)14(19)10-13-8-9-18(2)17-13/h3-9,11,15H,10,16H2,1-2H3. The number of carbonyl (C=O) groups is 1. The van der Waals surface area contributed by atoms with Crippen molar-refractivity contribution in [2.24, 2.45) is 18.7 Å². The van der Waals surface area contributed by atoms with E-state index in [9.17, 15) is 4.79 Å². The van der Waals surface area contributed by atoms with E-state index in [1.165, 1.54) is 0 Å². The van der Waals surface area contributed by atoms with Gasteiger partial charge in [0.2, 0.25) is 0 Å². The number of carbonyl (C=O) groups excluding carboxylic acids is 1. The van der Waals surface area contributed by atoms with Gasteiger partial charge in [-0.25, -0.2) is 0 Å². The van der Waals surface area contributed by atoms with E-state index < -0.39 is 0 Å². The van der Waals surface area contributed by atoms with Gasteiger partial charge in [-0.2, -0.15) is 5.10 Å². The maximum atomic E-state index is 12.2. The van der Waals surface area contributed by atoms with Crippen LogP contribution < -0.4 is 5.73 Å². The second-order valence-electron chi connectivity index (χ2n) is 4.85. The van der Waals surface area contributed by atoms with Crippen LogP contribution in [0.15, 0.2) is 42.6 Å². The predicted molar refractivity (Wildman–Crippen MR) is 74.5 cm³/mol. The molecule has 19 heavy (non-hydrogen) atoms. The zero-order chi connectivity index (χ0) is 13.8. The Labute approximate surface area is 113 Å². The van der Waals surface area contributed by atoms with Crippen LogP contribution in [0.2, 0.25) is 0 Å². The Kier molecular flexibility index (Phi) is 4.12. The van der Waals surface area contributed by atoms with Crippen molar-refractivity contribution in [2.45, 2.75) is 19.4 Å². The van der Waals surface area contributed by atoms with Crippen molar-refractivity contribution >= 4 is 5.78 Å². The molecule has 0 saturated carbocycles. The monoisotopic (exact) mass is 257 g/mol. The molecular weight excluding hydrogens is 238 g/mol. The molecule has 1 aromatic heterocycles. The molecule has 0 aliphatic rings. The second-order valence-corrected chi connectivity index (χ2v) is 4.85. The molecule has 0 aliphatic carbocycles. The fourth-order valence-electron chi connectivity index (χ4n) is 2.06. The topological polar surface area (TPSA) is 60.9 Å². The molecule has 0 saturated heterocycles. The molecule has 4 heteroatoms. The smallest absolute Gasteiger partial charge is 0.143 e. The Bertz CT molecular complexity index is 548. The average Bonchev–Trinajstić information content (AvgIpc) is 2.83. The summed E-state index contributed by atoms with van der Waals surface area (Å²) < 4.78 is 1.70. The number of hydrogen-bond acceptors (Lipinski definition) is 3. The number of hydrogen-bond donors (Lipinski definition) is 1. The average molecular weight is 257 g/mol. The van der Waals surface area contributed by atoms with Crippen molar-refractivity contribution < 1.29 is 4.79 Å². The molecule has 0 aliphatic heterocycles. The number of aryl methyl sites for hydroxylation is 1. The number of nitrogens with two attached hydrogens (primary N) is 1. The highest BCUT2D eigenvalue weighted by molar-refractivity contribution is 5.83. The third-order valence-corrected chi connectivity index (χ3v) is 3.36. The van der Waals surface area contributed by atoms with Gasteiger partial charge in [0.15, 0.2) is 0 Å². The molecule has 0 amide bonds. The lowest BCUT2D eigenvalue weighted by Crippen LogP contribution is -2.27. The van der Waals surface area contributed by atoms with Crippen LogP contribution in [-0.4, -0.2) is 15.6 Å². The minimum absolute atomic E-state index is 0.120. The van der Waals surface area contributed by atoms with Crippen LogP contribution in [0, 0.1) is 5.92 Å². The molecule has 0 bridgehead atoms. The Hall–Kier alpha value is -1.94. The van der Waals surface area contributed by atoms with E-state index in [-0.39, 0.29) is 17.7 Å². The van der Waals surface area contributed by atoms with E-state index in [0.29, 0.717) is 6.42 Å². The van der Waals surface area contributed by atoms with Crippen molar-refractivity contribution in [1.82, 2.24) is 9.78 Å². The van der Waals surface area contributed by atoms with Gasteiger partial charge in [-0.15, -0.1) is 0 Å². The fourth-order valence-corrected chi connectivity index (χ4v) is 2.06. The number of aromatic nitrogens is 2. The highest BCUT2D eigenvalue weighted by Gasteiger charge is 2.22. The van der Waals surface area contributed by atoms with Crippen LogP contribution in [0.25, 0.3) is 0 Å². The molecule has 0 fully saturated rings. The zero-order valence-corrected chi connectivity index (χ0v) is 11.3. The van der Waals surface area contributed by atoms with Gasteiger partial charge in [0.25, 0.3) is 0 Å². The van der Waals surface area contributed by atoms with Gasteiger partial charge in [0.1, 0.15) is 5.78 Å². The summed E-state index contributed by atoms with van der Waals surface area (Å²) in [5, 5.41) is 4.22. The first kappa shape index (κ1) is 13.5. The number of Topliss-reactive ketones (excluding diaryl/α,β-unsaturated/α-hetero) is 1. The molecule has 0 spiro atoms. The highest BCUT2D eigenvalue weighted by Crippen LogP contribution is 2.20. The molecule has 1 heterocycles. The maximum Gasteiger partial charge on any atom is 0.143 e. The molecule has 2 atom stereocenters. The van der Waals surface area contributed by atoms with Crippen LogP contribution >= 0.6 is 0 Å². The van der Waals surface area contributed by atoms with E-state index in [0.717, 1.165) is 11.3 Å². The normalized spacial score (nSPS) is 14.1. The van der Waals surface area contributed by atoms with Crippen LogP contribution in [-0.2, 0) is 18.3 Å². The Balaban J connectivity index is 2.03. The van der Waals surface area contributed by atoms with Crippen molar-refractivity contribution in [3.63, 3.8) is 0 Å². The summed E-state index contributed by atoms with van der Waals surface area (Å²) in [6.07, 6.45) is 2.17. The van der Waals surface area contributed by atoms with Crippen molar-refractivity contribution in [3.05, 3.63) is 53.9 Å². The van der Waals surface area contributed by atoms with E-state index in [4.69, 9.17) is 5.73 Å². The molecule has 2 N–H and O–H groups in total. The first-order valence-corrected chi connectivity index (χ1v) is 6.39. The van der Waals surface area contributed by atoms with Gasteiger partial charge in [0.05, 0.1) is 12.1 Å². The molecule has 4 nitrogen and oxygen atoms in total. The van der Waals surface area contributed by atoms with Crippen molar-refractivity contribution in [2.75, 3.05) is 0 Å². The summed E-state index contributed by atoms with van der Waals surface area (Å²) >= 11 is 0. The lowest BCUT2D eigenvalue weighted by molar-refractivity contribution is -0.122. The van der Waals surface area contributed by atoms with E-state index in [2.05, 4.69) is 5.10 Å². The van der Waals surface area contributed by atoms with Gasteiger partial charge < -0.3 is 5.73 Å². The molecule has 100 valence electrons. The van der Waals surface area contributed by atoms with E-state index >= 15 is 0 Å². The summed E-state index contributed by atoms with van der Waals surface area (Å²) in [6, 6.07) is 11.3. The van der Waals surface area contributed by atoms with Gasteiger partial charge in [-0.05, 0) is 11.6 Å². The Morgan fingerprint density at radius 2 is 2.00 bits per heavy atom. The summed E-state index contributed by atoms with van der Waals surface area (Å²) in [5.41, 5.74) is 7.93. The van der Waals surface area contributed by atoms with E-state index in [1.54, 1.807) is 4.68 Å². The Morgan fingerprint density at radius 1 is 1.32 bits per heavy atom. The van der Waals surface area contributed by atoms with Crippen molar-refractivity contribution in [1.29, 1.82) is 0 Å². The van der Waals surface area contributed by atoms with Crippen molar-refractivity contribution in [3.8, 4) is 0 Å². The SMILES string of the molecule is CC(C(=O)Cc1ccn(C)n1)C(N)c1ccccc1.